The lowest BCUT2D eigenvalue weighted by molar-refractivity contribution is 0.0962. The van der Waals surface area contributed by atoms with Crippen LogP contribution in [0.15, 0.2) is 23.8 Å². The summed E-state index contributed by atoms with van der Waals surface area (Å²) in [6.45, 7) is 5.44. The Morgan fingerprint density at radius 2 is 1.44 bits per heavy atom. The van der Waals surface area contributed by atoms with E-state index in [0.717, 1.165) is 0 Å². The molecule has 0 amide bonds. The van der Waals surface area contributed by atoms with Crippen LogP contribution in [0, 0.1) is 5.41 Å². The highest BCUT2D eigenvalue weighted by atomic mass is 16.3. The number of rotatable bonds is 0. The molecule has 1 aliphatic carbocycles. The molecule has 1 aromatic carbocycles. The number of aromatic hydroxyl groups is 2. The summed E-state index contributed by atoms with van der Waals surface area (Å²) in [7, 11) is 0. The van der Waals surface area contributed by atoms with E-state index in [1.54, 1.807) is 0 Å². The number of benzene rings is 1. The van der Waals surface area contributed by atoms with Gasteiger partial charge in [0.05, 0.1) is 11.1 Å². The van der Waals surface area contributed by atoms with Crippen molar-refractivity contribution in [2.45, 2.75) is 20.8 Å². The zero-order valence-electron chi connectivity index (χ0n) is 10.4. The van der Waals surface area contributed by atoms with Crippen LogP contribution < -0.4 is 0 Å². The highest BCUT2D eigenvalue weighted by Crippen LogP contribution is 2.39. The van der Waals surface area contributed by atoms with Crippen molar-refractivity contribution in [3.8, 4) is 11.5 Å². The highest BCUT2D eigenvalue weighted by molar-refractivity contribution is 6.26. The molecule has 0 fully saturated rings. The maximum atomic E-state index is 12.3. The number of allylic oxidation sites excluding steroid dienone is 2. The molecule has 4 heteroatoms. The van der Waals surface area contributed by atoms with Crippen molar-refractivity contribution in [3.63, 3.8) is 0 Å². The topological polar surface area (TPSA) is 74.6 Å². The van der Waals surface area contributed by atoms with Gasteiger partial charge in [0.15, 0.2) is 11.6 Å². The first kappa shape index (κ1) is 12.4. The molecule has 94 valence electrons. The monoisotopic (exact) mass is 246 g/mol. The maximum absolute atomic E-state index is 12.3. The number of phenolic OH excluding ortho intramolecular Hbond substituents is 2. The average Bonchev–Trinajstić information content (AvgIpc) is 2.25. The average molecular weight is 246 g/mol. The second kappa shape index (κ2) is 3.70. The van der Waals surface area contributed by atoms with E-state index < -0.39 is 17.0 Å². The molecular formula is C14H14O4. The molecule has 0 atom stereocenters. The van der Waals surface area contributed by atoms with Gasteiger partial charge in [0.2, 0.25) is 0 Å². The summed E-state index contributed by atoms with van der Waals surface area (Å²) in [5, 5.41) is 19.4. The zero-order chi connectivity index (χ0) is 13.7. The Hall–Kier alpha value is -2.10. The van der Waals surface area contributed by atoms with Gasteiger partial charge in [-0.15, -0.1) is 0 Å². The fourth-order valence-electron chi connectivity index (χ4n) is 2.02. The Morgan fingerprint density at radius 3 is 1.94 bits per heavy atom. The van der Waals surface area contributed by atoms with Crippen molar-refractivity contribution in [3.05, 3.63) is 34.9 Å². The van der Waals surface area contributed by atoms with Crippen LogP contribution in [-0.4, -0.2) is 21.8 Å². The largest absolute Gasteiger partial charge is 0.507 e. The van der Waals surface area contributed by atoms with Crippen molar-refractivity contribution < 1.29 is 19.8 Å². The zero-order valence-corrected chi connectivity index (χ0v) is 10.4. The van der Waals surface area contributed by atoms with Crippen LogP contribution in [0.3, 0.4) is 0 Å². The van der Waals surface area contributed by atoms with Gasteiger partial charge in [0.1, 0.15) is 11.5 Å². The summed E-state index contributed by atoms with van der Waals surface area (Å²) < 4.78 is 0. The molecule has 0 bridgehead atoms. The van der Waals surface area contributed by atoms with E-state index in [9.17, 15) is 19.8 Å². The van der Waals surface area contributed by atoms with Crippen molar-refractivity contribution >= 4 is 11.6 Å². The van der Waals surface area contributed by atoms with Crippen LogP contribution in [0.2, 0.25) is 0 Å². The summed E-state index contributed by atoms with van der Waals surface area (Å²) in [4.78, 5) is 24.3. The van der Waals surface area contributed by atoms with Crippen LogP contribution in [0.25, 0.3) is 0 Å². The van der Waals surface area contributed by atoms with Crippen molar-refractivity contribution in [1.29, 1.82) is 0 Å². The minimum atomic E-state index is -0.498. The number of ketones is 2. The Bertz CT molecular complexity index is 589. The smallest absolute Gasteiger partial charge is 0.194 e. The fraction of sp³-hybridized carbons (Fsp3) is 0.286. The van der Waals surface area contributed by atoms with Gasteiger partial charge in [-0.25, -0.2) is 0 Å². The lowest BCUT2D eigenvalue weighted by Gasteiger charge is -2.26. The molecule has 0 saturated heterocycles. The SMILES string of the molecule is CC(C)(C)C1=CC(=O)c2c(O)ccc(O)c2C1=O. The van der Waals surface area contributed by atoms with Crippen molar-refractivity contribution in [2.24, 2.45) is 5.41 Å². The van der Waals surface area contributed by atoms with E-state index in [2.05, 4.69) is 0 Å². The standard InChI is InChI=1S/C14H14O4/c1-14(2,3)7-6-10(17)11-8(15)4-5-9(16)12(11)13(7)18/h4-6,15-16H,1-3H3. The summed E-state index contributed by atoms with van der Waals surface area (Å²) in [6, 6.07) is 2.42. The Kier molecular flexibility index (Phi) is 2.54. The number of carbonyl (C=O) groups excluding carboxylic acids is 2. The summed E-state index contributed by atoms with van der Waals surface area (Å²) in [6.07, 6.45) is 1.24. The number of hydrogen-bond donors (Lipinski definition) is 2. The molecular weight excluding hydrogens is 232 g/mol. The number of Topliss-reactive ketones (excluding diaryl/α,β-unsaturated/α-hetero) is 1. The molecule has 4 nitrogen and oxygen atoms in total. The molecule has 0 radical (unpaired) electrons. The van der Waals surface area contributed by atoms with Crippen LogP contribution in [0.1, 0.15) is 41.5 Å². The maximum Gasteiger partial charge on any atom is 0.194 e. The predicted molar refractivity (Wildman–Crippen MR) is 66.0 cm³/mol. The van der Waals surface area contributed by atoms with Gasteiger partial charge in [-0.2, -0.15) is 0 Å². The fourth-order valence-corrected chi connectivity index (χ4v) is 2.02. The minimum Gasteiger partial charge on any atom is -0.507 e. The first-order chi connectivity index (χ1) is 8.23. The van der Waals surface area contributed by atoms with Crippen molar-refractivity contribution in [1.82, 2.24) is 0 Å². The molecule has 0 aliphatic heterocycles. The van der Waals surface area contributed by atoms with E-state index in [-0.39, 0.29) is 22.6 Å². The molecule has 0 spiro atoms. The molecule has 0 saturated carbocycles. The van der Waals surface area contributed by atoms with Crippen LogP contribution >= 0.6 is 0 Å². The van der Waals surface area contributed by atoms with E-state index in [4.69, 9.17) is 0 Å². The quantitative estimate of drug-likeness (QED) is 0.689. The second-order valence-electron chi connectivity index (χ2n) is 5.36. The molecule has 1 aliphatic rings. The van der Waals surface area contributed by atoms with Gasteiger partial charge < -0.3 is 10.2 Å². The van der Waals surface area contributed by atoms with Gasteiger partial charge in [-0.1, -0.05) is 20.8 Å². The van der Waals surface area contributed by atoms with E-state index in [1.165, 1.54) is 18.2 Å². The van der Waals surface area contributed by atoms with Gasteiger partial charge in [-0.05, 0) is 23.6 Å². The third kappa shape index (κ3) is 1.70. The van der Waals surface area contributed by atoms with E-state index in [1.807, 2.05) is 20.8 Å². The van der Waals surface area contributed by atoms with Gasteiger partial charge in [0.25, 0.3) is 0 Å². The Balaban J connectivity index is 2.74. The summed E-state index contributed by atoms with van der Waals surface area (Å²) in [5.41, 5.74) is -0.385. The summed E-state index contributed by atoms with van der Waals surface area (Å²) >= 11 is 0. The molecule has 0 unspecified atom stereocenters. The molecule has 0 aromatic heterocycles. The van der Waals surface area contributed by atoms with E-state index >= 15 is 0 Å². The van der Waals surface area contributed by atoms with Gasteiger partial charge in [0, 0.05) is 5.57 Å². The Labute approximate surface area is 105 Å². The number of phenols is 2. The first-order valence-corrected chi connectivity index (χ1v) is 5.59. The van der Waals surface area contributed by atoms with Crippen LogP contribution in [0.4, 0.5) is 0 Å². The summed E-state index contributed by atoms with van der Waals surface area (Å²) in [5.74, 6) is -1.44. The minimum absolute atomic E-state index is 0.104. The Morgan fingerprint density at radius 1 is 0.944 bits per heavy atom. The molecule has 1 aromatic rings. The van der Waals surface area contributed by atoms with Crippen molar-refractivity contribution in [2.75, 3.05) is 0 Å². The normalized spacial score (nSPS) is 15.4. The first-order valence-electron chi connectivity index (χ1n) is 5.59. The van der Waals surface area contributed by atoms with Crippen LogP contribution in [0.5, 0.6) is 11.5 Å². The van der Waals surface area contributed by atoms with Crippen LogP contribution in [-0.2, 0) is 0 Å². The number of hydrogen-bond acceptors (Lipinski definition) is 4. The molecule has 0 heterocycles. The third-order valence-corrected chi connectivity index (χ3v) is 2.96. The second-order valence-corrected chi connectivity index (χ2v) is 5.36. The lowest BCUT2D eigenvalue weighted by Crippen LogP contribution is -2.25. The molecule has 2 rings (SSSR count). The van der Waals surface area contributed by atoms with Gasteiger partial charge in [-0.3, -0.25) is 9.59 Å². The molecule has 2 N–H and O–H groups in total. The van der Waals surface area contributed by atoms with E-state index in [0.29, 0.717) is 5.57 Å². The third-order valence-electron chi connectivity index (χ3n) is 2.96. The molecule has 18 heavy (non-hydrogen) atoms. The predicted octanol–water partition coefficient (Wildman–Crippen LogP) is 2.45. The number of carbonyl (C=O) groups is 2. The lowest BCUT2D eigenvalue weighted by atomic mass is 9.76. The number of fused-ring (bicyclic) bond motifs is 1. The van der Waals surface area contributed by atoms with Gasteiger partial charge >= 0.3 is 0 Å². The highest BCUT2D eigenvalue weighted by Gasteiger charge is 2.35.